The zero-order valence-corrected chi connectivity index (χ0v) is 23.4. The molecule has 0 fully saturated rings. The number of fused-ring (bicyclic) bond motifs is 1. The molecule has 0 spiro atoms. The number of carboxylic acids is 1. The second-order valence-corrected chi connectivity index (χ2v) is 9.01. The van der Waals surface area contributed by atoms with Crippen molar-refractivity contribution < 1.29 is 53.7 Å². The molecule has 0 saturated carbocycles. The summed E-state index contributed by atoms with van der Waals surface area (Å²) in [5.74, 6) is -0.609. The van der Waals surface area contributed by atoms with Gasteiger partial charge in [0.1, 0.15) is 17.2 Å². The number of ether oxygens (including phenoxy) is 2. The van der Waals surface area contributed by atoms with E-state index in [9.17, 15) is 14.7 Å². The Morgan fingerprint density at radius 3 is 2.53 bits per heavy atom. The fraction of sp³-hybridized carbons (Fsp3) is 0.214. The largest absolute Gasteiger partial charge is 1.00 e. The summed E-state index contributed by atoms with van der Waals surface area (Å²) in [5.41, 5.74) is 2.04. The maximum absolute atomic E-state index is 12.5. The standard InChI is InChI=1S/C28H24Cl2O5.Na/c29-23-8-5-4-7-18(23)6-2-1-3-9-25(31)19-10-12-20(13-11-19)35-27-17-26-22(16-24(27)30)21(28(32)33)14-15-34-26;/h2,4-8,10-13,16-17,21H,1,3,9,14-15H2,(H,32,33);/q;+1/p-1/b6-2-;. The van der Waals surface area contributed by atoms with E-state index in [1.54, 1.807) is 36.4 Å². The van der Waals surface area contributed by atoms with Crippen molar-refractivity contribution >= 4 is 41.0 Å². The molecule has 1 aliphatic rings. The normalized spacial score (nSPS) is 14.4. The molecule has 180 valence electrons. The van der Waals surface area contributed by atoms with Crippen LogP contribution in [-0.4, -0.2) is 18.4 Å². The number of halogens is 2. The van der Waals surface area contributed by atoms with E-state index in [1.165, 1.54) is 0 Å². The van der Waals surface area contributed by atoms with E-state index in [0.717, 1.165) is 18.4 Å². The van der Waals surface area contributed by atoms with Gasteiger partial charge in [0.05, 0.1) is 11.6 Å². The van der Waals surface area contributed by atoms with Crippen LogP contribution in [0.15, 0.2) is 66.7 Å². The van der Waals surface area contributed by atoms with Crippen LogP contribution >= 0.6 is 23.2 Å². The zero-order valence-electron chi connectivity index (χ0n) is 19.8. The number of hydrogen-bond acceptors (Lipinski definition) is 5. The molecular weight excluding hydrogens is 510 g/mol. The van der Waals surface area contributed by atoms with Crippen molar-refractivity contribution in [2.24, 2.45) is 0 Å². The first kappa shape index (κ1) is 28.3. The monoisotopic (exact) mass is 532 g/mol. The van der Waals surface area contributed by atoms with Crippen LogP contribution in [0.2, 0.25) is 10.0 Å². The van der Waals surface area contributed by atoms with Crippen LogP contribution in [0.5, 0.6) is 17.2 Å². The molecule has 1 unspecified atom stereocenters. The summed E-state index contributed by atoms with van der Waals surface area (Å²) >= 11 is 12.5. The predicted octanol–water partition coefficient (Wildman–Crippen LogP) is 3.47. The first-order valence-electron chi connectivity index (χ1n) is 11.3. The van der Waals surface area contributed by atoms with Gasteiger partial charge in [-0.3, -0.25) is 4.79 Å². The summed E-state index contributed by atoms with van der Waals surface area (Å²) in [4.78, 5) is 23.9. The summed E-state index contributed by atoms with van der Waals surface area (Å²) in [6.07, 6.45) is 6.26. The van der Waals surface area contributed by atoms with E-state index >= 15 is 0 Å². The van der Waals surface area contributed by atoms with Gasteiger partial charge in [0.25, 0.3) is 0 Å². The summed E-state index contributed by atoms with van der Waals surface area (Å²) in [6, 6.07) is 17.6. The van der Waals surface area contributed by atoms with Crippen molar-refractivity contribution in [3.05, 3.63) is 93.5 Å². The predicted molar refractivity (Wildman–Crippen MR) is 134 cm³/mol. The van der Waals surface area contributed by atoms with Crippen molar-refractivity contribution in [3.63, 3.8) is 0 Å². The summed E-state index contributed by atoms with van der Waals surface area (Å²) < 4.78 is 11.5. The molecule has 0 amide bonds. The Bertz CT molecular complexity index is 1260. The number of rotatable bonds is 9. The van der Waals surface area contributed by atoms with Gasteiger partial charge in [-0.15, -0.1) is 0 Å². The van der Waals surface area contributed by atoms with Gasteiger partial charge >= 0.3 is 29.6 Å². The molecule has 0 aromatic heterocycles. The Balaban J connectivity index is 0.00000361. The maximum Gasteiger partial charge on any atom is 1.00 e. The number of allylic oxidation sites excluding steroid dienone is 1. The molecule has 36 heavy (non-hydrogen) atoms. The molecule has 0 radical (unpaired) electrons. The SMILES string of the molecule is O=C(CCC/C=C\c1ccccc1Cl)c1ccc(Oc2cc3c(cc2Cl)C(C(=O)[O-])CCO3)cc1.[Na+]. The number of ketones is 1. The fourth-order valence-corrected chi connectivity index (χ4v) is 4.30. The van der Waals surface area contributed by atoms with Crippen molar-refractivity contribution in [3.8, 4) is 17.2 Å². The molecule has 0 saturated heterocycles. The van der Waals surface area contributed by atoms with Crippen molar-refractivity contribution in [1.29, 1.82) is 0 Å². The first-order chi connectivity index (χ1) is 16.9. The number of carbonyl (C=O) groups excluding carboxylic acids is 2. The van der Waals surface area contributed by atoms with E-state index in [2.05, 4.69) is 0 Å². The van der Waals surface area contributed by atoms with Crippen LogP contribution in [0.4, 0.5) is 0 Å². The summed E-state index contributed by atoms with van der Waals surface area (Å²) in [6.45, 7) is 0.277. The molecule has 1 heterocycles. The molecule has 3 aromatic carbocycles. The molecule has 1 atom stereocenters. The third-order valence-corrected chi connectivity index (χ3v) is 6.41. The molecule has 3 aromatic rings. The zero-order chi connectivity index (χ0) is 24.8. The molecule has 0 N–H and O–H groups in total. The minimum Gasteiger partial charge on any atom is -0.549 e. The number of Topliss-reactive ketones (excluding diaryl/α,β-unsaturated/α-hetero) is 1. The van der Waals surface area contributed by atoms with Crippen LogP contribution in [0.25, 0.3) is 6.08 Å². The second-order valence-electron chi connectivity index (χ2n) is 8.19. The molecule has 0 bridgehead atoms. The van der Waals surface area contributed by atoms with Gasteiger partial charge in [0.2, 0.25) is 0 Å². The topological polar surface area (TPSA) is 75.7 Å². The van der Waals surface area contributed by atoms with Gasteiger partial charge in [-0.1, -0.05) is 53.6 Å². The van der Waals surface area contributed by atoms with Crippen LogP contribution < -0.4 is 44.1 Å². The maximum atomic E-state index is 12.5. The van der Waals surface area contributed by atoms with E-state index < -0.39 is 11.9 Å². The fourth-order valence-electron chi connectivity index (χ4n) is 3.89. The summed E-state index contributed by atoms with van der Waals surface area (Å²) in [5, 5.41) is 12.4. The van der Waals surface area contributed by atoms with Crippen LogP contribution in [-0.2, 0) is 4.79 Å². The van der Waals surface area contributed by atoms with Gasteiger partial charge in [0, 0.05) is 40.5 Å². The van der Waals surface area contributed by atoms with E-state index in [1.807, 2.05) is 36.4 Å². The van der Waals surface area contributed by atoms with Crippen LogP contribution in [0.1, 0.15) is 53.1 Å². The number of carbonyl (C=O) groups is 2. The Morgan fingerprint density at radius 2 is 1.81 bits per heavy atom. The van der Waals surface area contributed by atoms with Gasteiger partial charge in [0.15, 0.2) is 5.78 Å². The number of hydrogen-bond donors (Lipinski definition) is 0. The van der Waals surface area contributed by atoms with Crippen molar-refractivity contribution in [1.82, 2.24) is 0 Å². The van der Waals surface area contributed by atoms with Crippen molar-refractivity contribution in [2.45, 2.75) is 31.6 Å². The Morgan fingerprint density at radius 1 is 1.06 bits per heavy atom. The average molecular weight is 533 g/mol. The number of benzene rings is 3. The third kappa shape index (κ3) is 7.15. The Hall–Kier alpha value is -2.28. The quantitative estimate of drug-likeness (QED) is 0.239. The van der Waals surface area contributed by atoms with Crippen LogP contribution in [0.3, 0.4) is 0 Å². The second kappa shape index (κ2) is 13.3. The molecule has 5 nitrogen and oxygen atoms in total. The van der Waals surface area contributed by atoms with Gasteiger partial charge < -0.3 is 19.4 Å². The van der Waals surface area contributed by atoms with E-state index in [-0.39, 0.29) is 47.0 Å². The third-order valence-electron chi connectivity index (χ3n) is 5.77. The Kier molecular flexibility index (Phi) is 10.5. The minimum atomic E-state index is -1.16. The molecular formula is C28H23Cl2NaO5. The molecule has 0 aliphatic carbocycles. The Labute approximate surface area is 242 Å². The van der Waals surface area contributed by atoms with Crippen LogP contribution in [0, 0.1) is 0 Å². The summed E-state index contributed by atoms with van der Waals surface area (Å²) in [7, 11) is 0. The van der Waals surface area contributed by atoms with E-state index in [0.29, 0.717) is 46.2 Å². The average Bonchev–Trinajstić information content (AvgIpc) is 2.85. The number of aliphatic carboxylic acids is 1. The minimum absolute atomic E-state index is 0. The van der Waals surface area contributed by atoms with E-state index in [4.69, 9.17) is 32.7 Å². The molecule has 4 rings (SSSR count). The van der Waals surface area contributed by atoms with Gasteiger partial charge in [-0.2, -0.15) is 0 Å². The smallest absolute Gasteiger partial charge is 0.549 e. The molecule has 8 heteroatoms. The first-order valence-corrected chi connectivity index (χ1v) is 12.1. The van der Waals surface area contributed by atoms with Crippen molar-refractivity contribution in [2.75, 3.05) is 6.61 Å². The number of carboxylic acid groups (broad SMARTS) is 1. The van der Waals surface area contributed by atoms with Gasteiger partial charge in [-0.05, 0) is 61.2 Å². The van der Waals surface area contributed by atoms with Gasteiger partial charge in [-0.25, -0.2) is 0 Å². The number of unbranched alkanes of at least 4 members (excludes halogenated alkanes) is 1. The molecule has 1 aliphatic heterocycles.